The first-order valence-corrected chi connectivity index (χ1v) is 7.97. The van der Waals surface area contributed by atoms with Gasteiger partial charge in [-0.25, -0.2) is 0 Å². The lowest BCUT2D eigenvalue weighted by atomic mass is 10.0. The first-order chi connectivity index (χ1) is 8.58. The Bertz CT molecular complexity index is 409. The average molecular weight is 379 g/mol. The van der Waals surface area contributed by atoms with Crippen molar-refractivity contribution in [3.05, 3.63) is 26.8 Å². The molecule has 1 aromatic rings. The third kappa shape index (κ3) is 3.52. The van der Waals surface area contributed by atoms with Crippen molar-refractivity contribution in [2.75, 3.05) is 24.5 Å². The van der Waals surface area contributed by atoms with Crippen LogP contribution in [0.3, 0.4) is 0 Å². The molecule has 0 bridgehead atoms. The molecule has 1 aliphatic rings. The lowest BCUT2D eigenvalue weighted by Gasteiger charge is -2.29. The van der Waals surface area contributed by atoms with Crippen LogP contribution in [0.4, 0.5) is 5.69 Å². The van der Waals surface area contributed by atoms with Crippen LogP contribution >= 0.6 is 34.2 Å². The largest absolute Gasteiger partial charge is 0.369 e. The Morgan fingerprint density at radius 1 is 1.44 bits per heavy atom. The molecule has 1 atom stereocenters. The molecule has 0 aromatic heterocycles. The van der Waals surface area contributed by atoms with Gasteiger partial charge in [0.15, 0.2) is 0 Å². The van der Waals surface area contributed by atoms with E-state index in [4.69, 9.17) is 11.6 Å². The Balaban J connectivity index is 2.20. The van der Waals surface area contributed by atoms with E-state index in [0.717, 1.165) is 24.7 Å². The molecule has 4 heteroatoms. The minimum atomic E-state index is 0.544. The first-order valence-electron chi connectivity index (χ1n) is 6.51. The number of nitrogens with one attached hydrogen (secondary N) is 1. The van der Waals surface area contributed by atoms with Crippen molar-refractivity contribution >= 4 is 39.9 Å². The Morgan fingerprint density at radius 2 is 2.22 bits per heavy atom. The quantitative estimate of drug-likeness (QED) is 0.788. The van der Waals surface area contributed by atoms with E-state index < -0.39 is 0 Å². The monoisotopic (exact) mass is 378 g/mol. The molecule has 1 heterocycles. The molecule has 1 aliphatic heterocycles. The van der Waals surface area contributed by atoms with Crippen molar-refractivity contribution in [1.82, 2.24) is 5.32 Å². The molecule has 0 radical (unpaired) electrons. The van der Waals surface area contributed by atoms with Crippen molar-refractivity contribution in [1.29, 1.82) is 0 Å². The fourth-order valence-corrected chi connectivity index (χ4v) is 3.33. The van der Waals surface area contributed by atoms with Gasteiger partial charge >= 0.3 is 0 Å². The second-order valence-corrected chi connectivity index (χ2v) is 6.85. The zero-order chi connectivity index (χ0) is 13.1. The minimum Gasteiger partial charge on any atom is -0.369 e. The highest BCUT2D eigenvalue weighted by Gasteiger charge is 2.21. The number of nitrogens with zero attached hydrogens (tertiary/aromatic N) is 1. The predicted molar refractivity (Wildman–Crippen MR) is 87.6 cm³/mol. The molecule has 0 amide bonds. The van der Waals surface area contributed by atoms with Gasteiger partial charge in [0, 0.05) is 22.7 Å². The Labute approximate surface area is 128 Å². The molecule has 2 rings (SSSR count). The molecule has 1 aromatic carbocycles. The zero-order valence-corrected chi connectivity index (χ0v) is 13.8. The average Bonchev–Trinajstić information content (AvgIpc) is 2.54. The highest BCUT2D eigenvalue weighted by molar-refractivity contribution is 14.1. The van der Waals surface area contributed by atoms with Crippen LogP contribution in [0, 0.1) is 9.49 Å². The van der Waals surface area contributed by atoms with Gasteiger partial charge < -0.3 is 10.2 Å². The molecule has 1 N–H and O–H groups in total. The molecule has 0 spiro atoms. The summed E-state index contributed by atoms with van der Waals surface area (Å²) in [5.41, 5.74) is 1.17. The van der Waals surface area contributed by atoms with Crippen molar-refractivity contribution in [3.8, 4) is 0 Å². The fraction of sp³-hybridized carbons (Fsp3) is 0.571. The summed E-state index contributed by atoms with van der Waals surface area (Å²) >= 11 is 8.68. The normalized spacial score (nSPS) is 21.2. The second kappa shape index (κ2) is 6.44. The lowest BCUT2D eigenvalue weighted by molar-refractivity contribution is 0.420. The zero-order valence-electron chi connectivity index (χ0n) is 10.9. The molecule has 2 nitrogen and oxygen atoms in total. The Morgan fingerprint density at radius 3 is 2.89 bits per heavy atom. The van der Waals surface area contributed by atoms with E-state index in [-0.39, 0.29) is 0 Å². The maximum Gasteiger partial charge on any atom is 0.0650 e. The first kappa shape index (κ1) is 14.4. The number of anilines is 1. The van der Waals surface area contributed by atoms with Crippen molar-refractivity contribution in [3.63, 3.8) is 0 Å². The fourth-order valence-electron chi connectivity index (χ4n) is 2.35. The Kier molecular flexibility index (Phi) is 5.15. The molecular weight excluding hydrogens is 359 g/mol. The van der Waals surface area contributed by atoms with Gasteiger partial charge in [0.1, 0.15) is 0 Å². The minimum absolute atomic E-state index is 0.544. The van der Waals surface area contributed by atoms with Crippen LogP contribution in [-0.4, -0.2) is 25.7 Å². The van der Waals surface area contributed by atoms with Gasteiger partial charge in [-0.3, -0.25) is 0 Å². The topological polar surface area (TPSA) is 15.3 Å². The highest BCUT2D eigenvalue weighted by Crippen LogP contribution is 2.28. The summed E-state index contributed by atoms with van der Waals surface area (Å²) in [6.45, 7) is 7.77. The summed E-state index contributed by atoms with van der Waals surface area (Å²) in [5.74, 6) is 0.647. The van der Waals surface area contributed by atoms with Gasteiger partial charge in [-0.2, -0.15) is 0 Å². The molecule has 1 unspecified atom stereocenters. The van der Waals surface area contributed by atoms with Crippen LogP contribution in [0.5, 0.6) is 0 Å². The summed E-state index contributed by atoms with van der Waals surface area (Å²) < 4.78 is 1.19. The van der Waals surface area contributed by atoms with E-state index >= 15 is 0 Å². The number of hydrogen-bond donors (Lipinski definition) is 1. The number of rotatable bonds is 2. The Hall–Kier alpha value is -0.000000000000000132. The standard InChI is InChI=1S/C14H20ClIN2/c1-10(2)13-9-18(7-3-6-17-13)14-5-4-11(16)8-12(14)15/h4-5,8,10,13,17H,3,6-7,9H2,1-2H3. The summed E-state index contributed by atoms with van der Waals surface area (Å²) in [4.78, 5) is 2.42. The summed E-state index contributed by atoms with van der Waals surface area (Å²) in [6.07, 6.45) is 1.17. The van der Waals surface area contributed by atoms with Gasteiger partial charge in [0.25, 0.3) is 0 Å². The van der Waals surface area contributed by atoms with Gasteiger partial charge in [0.05, 0.1) is 10.7 Å². The molecular formula is C14H20ClIN2. The van der Waals surface area contributed by atoms with Crippen LogP contribution in [0.2, 0.25) is 5.02 Å². The molecule has 100 valence electrons. The second-order valence-electron chi connectivity index (χ2n) is 5.20. The number of hydrogen-bond acceptors (Lipinski definition) is 2. The summed E-state index contributed by atoms with van der Waals surface area (Å²) in [5, 5.41) is 4.49. The van der Waals surface area contributed by atoms with Crippen molar-refractivity contribution in [2.24, 2.45) is 5.92 Å². The van der Waals surface area contributed by atoms with Gasteiger partial charge in [-0.05, 0) is 59.7 Å². The third-order valence-electron chi connectivity index (χ3n) is 3.48. The van der Waals surface area contributed by atoms with Crippen LogP contribution in [0.15, 0.2) is 18.2 Å². The maximum absolute atomic E-state index is 6.38. The maximum atomic E-state index is 6.38. The molecule has 0 saturated carbocycles. The third-order valence-corrected chi connectivity index (χ3v) is 4.46. The SMILES string of the molecule is CC(C)C1CN(c2ccc(I)cc2Cl)CCCN1. The van der Waals surface area contributed by atoms with Crippen molar-refractivity contribution < 1.29 is 0 Å². The number of halogens is 2. The van der Waals surface area contributed by atoms with Gasteiger partial charge in [0.2, 0.25) is 0 Å². The molecule has 1 fully saturated rings. The van der Waals surface area contributed by atoms with Gasteiger partial charge in [-0.1, -0.05) is 25.4 Å². The number of benzene rings is 1. The van der Waals surface area contributed by atoms with E-state index in [0.29, 0.717) is 12.0 Å². The van der Waals surface area contributed by atoms with Crippen LogP contribution in [0.1, 0.15) is 20.3 Å². The molecule has 18 heavy (non-hydrogen) atoms. The smallest absolute Gasteiger partial charge is 0.0650 e. The van der Waals surface area contributed by atoms with Crippen LogP contribution < -0.4 is 10.2 Å². The summed E-state index contributed by atoms with van der Waals surface area (Å²) in [6, 6.07) is 6.86. The molecule has 0 aliphatic carbocycles. The van der Waals surface area contributed by atoms with E-state index in [2.05, 4.69) is 58.8 Å². The molecule has 1 saturated heterocycles. The van der Waals surface area contributed by atoms with Crippen molar-refractivity contribution in [2.45, 2.75) is 26.3 Å². The van der Waals surface area contributed by atoms with Crippen LogP contribution in [-0.2, 0) is 0 Å². The summed E-state index contributed by atoms with van der Waals surface area (Å²) in [7, 11) is 0. The lowest BCUT2D eigenvalue weighted by Crippen LogP contribution is -2.41. The van der Waals surface area contributed by atoms with E-state index in [1.54, 1.807) is 0 Å². The van der Waals surface area contributed by atoms with Gasteiger partial charge in [-0.15, -0.1) is 0 Å². The highest BCUT2D eigenvalue weighted by atomic mass is 127. The van der Waals surface area contributed by atoms with E-state index in [9.17, 15) is 0 Å². The van der Waals surface area contributed by atoms with E-state index in [1.165, 1.54) is 15.7 Å². The predicted octanol–water partition coefficient (Wildman–Crippen LogP) is 3.77. The van der Waals surface area contributed by atoms with Crippen LogP contribution in [0.25, 0.3) is 0 Å². The van der Waals surface area contributed by atoms with E-state index in [1.807, 2.05) is 6.07 Å².